The van der Waals surface area contributed by atoms with Crippen LogP contribution in [0.1, 0.15) is 18.1 Å². The molecule has 0 atom stereocenters. The predicted molar refractivity (Wildman–Crippen MR) is 58.8 cm³/mol. The van der Waals surface area contributed by atoms with Crippen LogP contribution in [0, 0.1) is 5.92 Å². The van der Waals surface area contributed by atoms with E-state index in [1.165, 1.54) is 5.56 Å². The average Bonchev–Trinajstić information content (AvgIpc) is 2.13. The van der Waals surface area contributed by atoms with Gasteiger partial charge in [-0.3, -0.25) is 4.79 Å². The zero-order valence-corrected chi connectivity index (χ0v) is 9.03. The first-order valence-corrected chi connectivity index (χ1v) is 5.39. The maximum absolute atomic E-state index is 10.9. The number of carbonyl (C=O) groups excluding carboxylic acids is 1. The van der Waals surface area contributed by atoms with Gasteiger partial charge in [-0.1, -0.05) is 24.3 Å². The van der Waals surface area contributed by atoms with E-state index in [1.54, 1.807) is 6.92 Å². The largest absolute Gasteiger partial charge is 0.381 e. The SMILES string of the molecule is CC(=O)Cc1ccc(CC2COC2)cc1. The molecule has 1 aromatic carbocycles. The monoisotopic (exact) mass is 204 g/mol. The van der Waals surface area contributed by atoms with Crippen molar-refractivity contribution < 1.29 is 9.53 Å². The van der Waals surface area contributed by atoms with E-state index in [0.717, 1.165) is 25.2 Å². The highest BCUT2D eigenvalue weighted by Gasteiger charge is 2.18. The summed E-state index contributed by atoms with van der Waals surface area (Å²) in [5, 5.41) is 0. The van der Waals surface area contributed by atoms with E-state index in [4.69, 9.17) is 4.74 Å². The zero-order valence-electron chi connectivity index (χ0n) is 9.03. The minimum absolute atomic E-state index is 0.218. The quantitative estimate of drug-likeness (QED) is 0.750. The Morgan fingerprint density at radius 2 is 1.87 bits per heavy atom. The Hall–Kier alpha value is -1.15. The fourth-order valence-corrected chi connectivity index (χ4v) is 1.82. The molecule has 1 aliphatic rings. The van der Waals surface area contributed by atoms with Crippen molar-refractivity contribution in [3.8, 4) is 0 Å². The number of carbonyl (C=O) groups is 1. The van der Waals surface area contributed by atoms with E-state index >= 15 is 0 Å². The van der Waals surface area contributed by atoms with Crippen LogP contribution in [0.25, 0.3) is 0 Å². The molecule has 0 spiro atoms. The maximum Gasteiger partial charge on any atom is 0.134 e. The second-order valence-corrected chi connectivity index (χ2v) is 4.30. The van der Waals surface area contributed by atoms with Crippen LogP contribution in [-0.2, 0) is 22.4 Å². The van der Waals surface area contributed by atoms with Crippen molar-refractivity contribution in [2.24, 2.45) is 5.92 Å². The highest BCUT2D eigenvalue weighted by molar-refractivity contribution is 5.78. The first kappa shape index (κ1) is 10.4. The molecule has 1 saturated heterocycles. The van der Waals surface area contributed by atoms with Gasteiger partial charge in [0.05, 0.1) is 13.2 Å². The van der Waals surface area contributed by atoms with E-state index in [2.05, 4.69) is 24.3 Å². The molecule has 0 bridgehead atoms. The molecule has 0 aliphatic carbocycles. The number of rotatable bonds is 4. The van der Waals surface area contributed by atoms with Crippen molar-refractivity contribution in [3.05, 3.63) is 35.4 Å². The fraction of sp³-hybridized carbons (Fsp3) is 0.462. The Morgan fingerprint density at radius 1 is 1.27 bits per heavy atom. The molecule has 0 aromatic heterocycles. The van der Waals surface area contributed by atoms with E-state index in [-0.39, 0.29) is 5.78 Å². The normalized spacial score (nSPS) is 16.1. The predicted octanol–water partition coefficient (Wildman–Crippen LogP) is 2.01. The summed E-state index contributed by atoms with van der Waals surface area (Å²) in [6.45, 7) is 3.42. The highest BCUT2D eigenvalue weighted by Crippen LogP contribution is 2.17. The van der Waals surface area contributed by atoms with Crippen LogP contribution >= 0.6 is 0 Å². The van der Waals surface area contributed by atoms with Gasteiger partial charge in [0, 0.05) is 12.3 Å². The van der Waals surface area contributed by atoms with Crippen molar-refractivity contribution in [3.63, 3.8) is 0 Å². The second-order valence-electron chi connectivity index (χ2n) is 4.30. The number of ketones is 1. The van der Waals surface area contributed by atoms with E-state index in [1.807, 2.05) is 0 Å². The smallest absolute Gasteiger partial charge is 0.134 e. The number of ether oxygens (including phenoxy) is 1. The van der Waals surface area contributed by atoms with Gasteiger partial charge in [-0.15, -0.1) is 0 Å². The molecular weight excluding hydrogens is 188 g/mol. The third-order valence-corrected chi connectivity index (χ3v) is 2.71. The highest BCUT2D eigenvalue weighted by atomic mass is 16.5. The van der Waals surface area contributed by atoms with Gasteiger partial charge in [0.15, 0.2) is 0 Å². The summed E-state index contributed by atoms with van der Waals surface area (Å²) in [4.78, 5) is 10.9. The molecule has 0 N–H and O–H groups in total. The van der Waals surface area contributed by atoms with Crippen LogP contribution < -0.4 is 0 Å². The first-order valence-electron chi connectivity index (χ1n) is 5.39. The summed E-state index contributed by atoms with van der Waals surface area (Å²) in [5.41, 5.74) is 2.45. The molecule has 1 aromatic rings. The van der Waals surface area contributed by atoms with Gasteiger partial charge >= 0.3 is 0 Å². The molecule has 0 saturated carbocycles. The summed E-state index contributed by atoms with van der Waals surface area (Å²) in [5.74, 6) is 0.916. The molecule has 2 rings (SSSR count). The van der Waals surface area contributed by atoms with Crippen molar-refractivity contribution >= 4 is 5.78 Å². The van der Waals surface area contributed by atoms with Gasteiger partial charge in [0.2, 0.25) is 0 Å². The topological polar surface area (TPSA) is 26.3 Å². The molecule has 1 heterocycles. The molecule has 2 nitrogen and oxygen atoms in total. The van der Waals surface area contributed by atoms with Crippen LogP contribution in [0.2, 0.25) is 0 Å². The lowest BCUT2D eigenvalue weighted by molar-refractivity contribution is -0.116. The van der Waals surface area contributed by atoms with Crippen molar-refractivity contribution in [2.45, 2.75) is 19.8 Å². The Kier molecular flexibility index (Phi) is 3.17. The lowest BCUT2D eigenvalue weighted by atomic mass is 9.97. The molecular formula is C13H16O2. The van der Waals surface area contributed by atoms with Gasteiger partial charge in [-0.25, -0.2) is 0 Å². The minimum Gasteiger partial charge on any atom is -0.381 e. The molecule has 0 unspecified atom stereocenters. The minimum atomic E-state index is 0.218. The Morgan fingerprint density at radius 3 is 2.33 bits per heavy atom. The van der Waals surface area contributed by atoms with Crippen molar-refractivity contribution in [1.82, 2.24) is 0 Å². The van der Waals surface area contributed by atoms with Crippen LogP contribution in [-0.4, -0.2) is 19.0 Å². The number of benzene rings is 1. The standard InChI is InChI=1S/C13H16O2/c1-10(14)6-11-2-4-12(5-3-11)7-13-8-15-9-13/h2-5,13H,6-9H2,1H3. The van der Waals surface area contributed by atoms with Crippen LogP contribution in [0.4, 0.5) is 0 Å². The Balaban J connectivity index is 1.93. The number of Topliss-reactive ketones (excluding diaryl/α,β-unsaturated/α-hetero) is 1. The number of hydrogen-bond donors (Lipinski definition) is 0. The van der Waals surface area contributed by atoms with E-state index in [9.17, 15) is 4.79 Å². The fourth-order valence-electron chi connectivity index (χ4n) is 1.82. The van der Waals surface area contributed by atoms with Crippen molar-refractivity contribution in [1.29, 1.82) is 0 Å². The molecule has 80 valence electrons. The Labute approximate surface area is 90.3 Å². The zero-order chi connectivity index (χ0) is 10.7. The van der Waals surface area contributed by atoms with E-state index < -0.39 is 0 Å². The van der Waals surface area contributed by atoms with Crippen molar-refractivity contribution in [2.75, 3.05) is 13.2 Å². The third-order valence-electron chi connectivity index (χ3n) is 2.71. The van der Waals surface area contributed by atoms with E-state index in [0.29, 0.717) is 12.3 Å². The summed E-state index contributed by atoms with van der Waals surface area (Å²) in [6.07, 6.45) is 1.65. The van der Waals surface area contributed by atoms with Gasteiger partial charge in [-0.05, 0) is 24.5 Å². The second kappa shape index (κ2) is 4.58. The van der Waals surface area contributed by atoms with Crippen LogP contribution in [0.5, 0.6) is 0 Å². The lowest BCUT2D eigenvalue weighted by Gasteiger charge is -2.25. The summed E-state index contributed by atoms with van der Waals surface area (Å²) in [6, 6.07) is 8.35. The molecule has 15 heavy (non-hydrogen) atoms. The van der Waals surface area contributed by atoms with Gasteiger partial charge in [0.25, 0.3) is 0 Å². The average molecular weight is 204 g/mol. The van der Waals surface area contributed by atoms with Gasteiger partial charge in [-0.2, -0.15) is 0 Å². The van der Waals surface area contributed by atoms with Gasteiger partial charge in [0.1, 0.15) is 5.78 Å². The first-order chi connectivity index (χ1) is 7.24. The molecule has 1 fully saturated rings. The molecule has 0 radical (unpaired) electrons. The summed E-state index contributed by atoms with van der Waals surface area (Å²) in [7, 11) is 0. The summed E-state index contributed by atoms with van der Waals surface area (Å²) < 4.78 is 5.14. The van der Waals surface area contributed by atoms with Gasteiger partial charge < -0.3 is 4.74 Å². The lowest BCUT2D eigenvalue weighted by Crippen LogP contribution is -2.29. The summed E-state index contributed by atoms with van der Waals surface area (Å²) >= 11 is 0. The third kappa shape index (κ3) is 2.90. The molecule has 2 heteroatoms. The Bertz CT molecular complexity index is 336. The molecule has 1 aliphatic heterocycles. The molecule has 0 amide bonds. The van der Waals surface area contributed by atoms with Crippen LogP contribution in [0.3, 0.4) is 0 Å². The maximum atomic E-state index is 10.9. The van der Waals surface area contributed by atoms with Crippen LogP contribution in [0.15, 0.2) is 24.3 Å². The number of hydrogen-bond acceptors (Lipinski definition) is 2.